The van der Waals surface area contributed by atoms with Gasteiger partial charge in [-0.25, -0.2) is 0 Å². The topological polar surface area (TPSA) is 32.3 Å². The fourth-order valence-corrected chi connectivity index (χ4v) is 2.47. The molecule has 0 radical (unpaired) electrons. The van der Waals surface area contributed by atoms with E-state index in [1.54, 1.807) is 11.9 Å². The third-order valence-electron chi connectivity index (χ3n) is 2.35. The van der Waals surface area contributed by atoms with Crippen LogP contribution in [-0.2, 0) is 4.79 Å². The summed E-state index contributed by atoms with van der Waals surface area (Å²) >= 11 is 3.47. The van der Waals surface area contributed by atoms with E-state index in [2.05, 4.69) is 21.2 Å². The van der Waals surface area contributed by atoms with E-state index in [1.165, 1.54) is 5.56 Å². The summed E-state index contributed by atoms with van der Waals surface area (Å²) in [6.45, 7) is 2.41. The summed E-state index contributed by atoms with van der Waals surface area (Å²) in [6, 6.07) is 4.05. The van der Waals surface area contributed by atoms with Gasteiger partial charge < -0.3 is 10.2 Å². The van der Waals surface area contributed by atoms with E-state index in [1.807, 2.05) is 19.1 Å². The van der Waals surface area contributed by atoms with Gasteiger partial charge in [-0.1, -0.05) is 0 Å². The van der Waals surface area contributed by atoms with Gasteiger partial charge in [0.1, 0.15) is 0 Å². The highest BCUT2D eigenvalue weighted by Gasteiger charge is 2.22. The maximum absolute atomic E-state index is 11.4. The number of benzene rings is 1. The number of nitrogens with zero attached hydrogens (tertiary/aromatic N) is 1. The molecule has 3 nitrogen and oxygen atoms in total. The Hall–Kier alpha value is -1.03. The van der Waals surface area contributed by atoms with Gasteiger partial charge in [-0.3, -0.25) is 4.79 Å². The van der Waals surface area contributed by atoms with Crippen molar-refractivity contribution in [1.29, 1.82) is 0 Å². The summed E-state index contributed by atoms with van der Waals surface area (Å²) in [6.07, 6.45) is 0. The maximum atomic E-state index is 11.4. The maximum Gasteiger partial charge on any atom is 0.246 e. The van der Waals surface area contributed by atoms with Crippen LogP contribution < -0.4 is 10.2 Å². The zero-order valence-electron chi connectivity index (χ0n) is 8.10. The van der Waals surface area contributed by atoms with Crippen LogP contribution in [0.5, 0.6) is 0 Å². The number of rotatable bonds is 0. The molecule has 14 heavy (non-hydrogen) atoms. The second kappa shape index (κ2) is 3.28. The largest absolute Gasteiger partial charge is 0.374 e. The molecule has 74 valence electrons. The highest BCUT2D eigenvalue weighted by Crippen LogP contribution is 2.36. The second-order valence-corrected chi connectivity index (χ2v) is 4.30. The van der Waals surface area contributed by atoms with Crippen LogP contribution in [0.3, 0.4) is 0 Å². The molecular weight excluding hydrogens is 244 g/mol. The number of likely N-dealkylation sites (N-methyl/N-ethyl adjacent to an activating group) is 1. The van der Waals surface area contributed by atoms with Crippen LogP contribution in [0.2, 0.25) is 0 Å². The number of amides is 1. The summed E-state index contributed by atoms with van der Waals surface area (Å²) < 4.78 is 0.954. The summed E-state index contributed by atoms with van der Waals surface area (Å²) in [5.74, 6) is 0.0852. The Kier molecular flexibility index (Phi) is 2.23. The SMILES string of the molecule is Cc1cc(Br)c2c(c1)NCC(=O)N2C. The molecular formula is C10H11BrN2O. The molecule has 1 N–H and O–H groups in total. The molecule has 0 aliphatic carbocycles. The van der Waals surface area contributed by atoms with Crippen molar-refractivity contribution in [3.63, 3.8) is 0 Å². The van der Waals surface area contributed by atoms with Gasteiger partial charge in [0.25, 0.3) is 0 Å². The number of anilines is 2. The first-order chi connectivity index (χ1) is 6.59. The summed E-state index contributed by atoms with van der Waals surface area (Å²) in [5.41, 5.74) is 3.11. The predicted molar refractivity (Wildman–Crippen MR) is 60.8 cm³/mol. The van der Waals surface area contributed by atoms with Crippen LogP contribution >= 0.6 is 15.9 Å². The molecule has 2 rings (SSSR count). The van der Waals surface area contributed by atoms with Gasteiger partial charge in [0, 0.05) is 11.5 Å². The van der Waals surface area contributed by atoms with Crippen molar-refractivity contribution in [2.45, 2.75) is 6.92 Å². The Bertz CT molecular complexity index is 403. The highest BCUT2D eigenvalue weighted by atomic mass is 79.9. The van der Waals surface area contributed by atoms with E-state index in [9.17, 15) is 4.79 Å². The van der Waals surface area contributed by atoms with E-state index in [-0.39, 0.29) is 5.91 Å². The number of aryl methyl sites for hydroxylation is 1. The highest BCUT2D eigenvalue weighted by molar-refractivity contribution is 9.10. The van der Waals surface area contributed by atoms with Gasteiger partial charge in [0.2, 0.25) is 5.91 Å². The molecule has 1 amide bonds. The Balaban J connectivity index is 2.60. The van der Waals surface area contributed by atoms with Crippen LogP contribution in [0.25, 0.3) is 0 Å². The number of carbonyl (C=O) groups excluding carboxylic acids is 1. The molecule has 0 saturated carbocycles. The van der Waals surface area contributed by atoms with Gasteiger partial charge in [0.15, 0.2) is 0 Å². The molecule has 4 heteroatoms. The molecule has 1 aliphatic rings. The minimum absolute atomic E-state index is 0.0852. The number of hydrogen-bond acceptors (Lipinski definition) is 2. The number of hydrogen-bond donors (Lipinski definition) is 1. The van der Waals surface area contributed by atoms with Gasteiger partial charge in [-0.15, -0.1) is 0 Å². The molecule has 1 heterocycles. The first-order valence-electron chi connectivity index (χ1n) is 4.40. The average Bonchev–Trinajstić information content (AvgIpc) is 2.10. The Morgan fingerprint density at radius 3 is 2.93 bits per heavy atom. The molecule has 0 atom stereocenters. The zero-order valence-corrected chi connectivity index (χ0v) is 9.68. The van der Waals surface area contributed by atoms with E-state index in [0.29, 0.717) is 6.54 Å². The van der Waals surface area contributed by atoms with Crippen LogP contribution in [0.15, 0.2) is 16.6 Å². The van der Waals surface area contributed by atoms with Gasteiger partial charge in [-0.05, 0) is 40.5 Å². The standard InChI is InChI=1S/C10H11BrN2O/c1-6-3-7(11)10-8(4-6)12-5-9(14)13(10)2/h3-4,12H,5H2,1-2H3. The lowest BCUT2D eigenvalue weighted by Crippen LogP contribution is -2.37. The second-order valence-electron chi connectivity index (χ2n) is 3.45. The Labute approximate surface area is 91.2 Å². The van der Waals surface area contributed by atoms with Crippen molar-refractivity contribution in [1.82, 2.24) is 0 Å². The van der Waals surface area contributed by atoms with Gasteiger partial charge in [-0.2, -0.15) is 0 Å². The molecule has 0 spiro atoms. The first kappa shape index (κ1) is 9.52. The van der Waals surface area contributed by atoms with Crippen molar-refractivity contribution < 1.29 is 4.79 Å². The smallest absolute Gasteiger partial charge is 0.246 e. The van der Waals surface area contributed by atoms with Crippen molar-refractivity contribution in [3.05, 3.63) is 22.2 Å². The number of nitrogens with one attached hydrogen (secondary N) is 1. The molecule has 1 aromatic carbocycles. The first-order valence-corrected chi connectivity index (χ1v) is 5.19. The number of fused-ring (bicyclic) bond motifs is 1. The molecule has 0 unspecified atom stereocenters. The van der Waals surface area contributed by atoms with Crippen LogP contribution in [0, 0.1) is 6.92 Å². The van der Waals surface area contributed by atoms with E-state index in [0.717, 1.165) is 15.8 Å². The van der Waals surface area contributed by atoms with E-state index < -0.39 is 0 Å². The molecule has 0 aromatic heterocycles. The third-order valence-corrected chi connectivity index (χ3v) is 2.95. The lowest BCUT2D eigenvalue weighted by Gasteiger charge is -2.28. The average molecular weight is 255 g/mol. The number of carbonyl (C=O) groups is 1. The predicted octanol–water partition coefficient (Wildman–Crippen LogP) is 2.15. The summed E-state index contributed by atoms with van der Waals surface area (Å²) in [5, 5.41) is 3.10. The zero-order chi connectivity index (χ0) is 10.3. The Morgan fingerprint density at radius 2 is 2.21 bits per heavy atom. The van der Waals surface area contributed by atoms with Crippen molar-refractivity contribution in [2.75, 3.05) is 23.8 Å². The number of halogens is 1. The minimum Gasteiger partial charge on any atom is -0.374 e. The van der Waals surface area contributed by atoms with Crippen LogP contribution in [0.4, 0.5) is 11.4 Å². The molecule has 0 saturated heterocycles. The van der Waals surface area contributed by atoms with Crippen molar-refractivity contribution in [3.8, 4) is 0 Å². The lowest BCUT2D eigenvalue weighted by atomic mass is 10.1. The fourth-order valence-electron chi connectivity index (χ4n) is 1.62. The normalized spacial score (nSPS) is 15.1. The molecule has 0 bridgehead atoms. The fraction of sp³-hybridized carbons (Fsp3) is 0.300. The van der Waals surface area contributed by atoms with E-state index >= 15 is 0 Å². The summed E-state index contributed by atoms with van der Waals surface area (Å²) in [7, 11) is 1.79. The van der Waals surface area contributed by atoms with Crippen molar-refractivity contribution in [2.24, 2.45) is 0 Å². The third kappa shape index (κ3) is 1.39. The molecule has 1 aromatic rings. The quantitative estimate of drug-likeness (QED) is 0.770. The molecule has 1 aliphatic heterocycles. The monoisotopic (exact) mass is 254 g/mol. The van der Waals surface area contributed by atoms with Crippen LogP contribution in [-0.4, -0.2) is 19.5 Å². The van der Waals surface area contributed by atoms with E-state index in [4.69, 9.17) is 0 Å². The van der Waals surface area contributed by atoms with Crippen molar-refractivity contribution >= 4 is 33.2 Å². The lowest BCUT2D eigenvalue weighted by molar-refractivity contribution is -0.116. The Morgan fingerprint density at radius 1 is 1.50 bits per heavy atom. The van der Waals surface area contributed by atoms with Gasteiger partial charge in [0.05, 0.1) is 17.9 Å². The molecule has 0 fully saturated rings. The van der Waals surface area contributed by atoms with Gasteiger partial charge >= 0.3 is 0 Å². The summed E-state index contributed by atoms with van der Waals surface area (Å²) in [4.78, 5) is 13.1. The minimum atomic E-state index is 0.0852. The van der Waals surface area contributed by atoms with Crippen LogP contribution in [0.1, 0.15) is 5.56 Å².